The van der Waals surface area contributed by atoms with Gasteiger partial charge in [0.15, 0.2) is 0 Å². The molecule has 2 aliphatic rings. The van der Waals surface area contributed by atoms with E-state index in [9.17, 15) is 14.3 Å². The number of ether oxygens (including phenoxy) is 2. The van der Waals surface area contributed by atoms with Crippen LogP contribution in [0, 0.1) is 11.7 Å². The lowest BCUT2D eigenvalue weighted by atomic mass is 9.93. The van der Waals surface area contributed by atoms with Crippen LogP contribution in [0.25, 0.3) is 11.0 Å². The number of aryl methyl sites for hydroxylation is 1. The maximum Gasteiger partial charge on any atom is 0.335 e. The SMILES string of the molecule is O=C(O)c1ccc2nc(CN3CCC(c4cccc(OCc5ccc(Cl)cc5F)n4)CC3)n(CCC3CCOCC3)c2c1. The molecule has 2 aromatic carbocycles. The number of fused-ring (bicyclic) bond motifs is 1. The van der Waals surface area contributed by atoms with Gasteiger partial charge in [0.1, 0.15) is 18.2 Å². The van der Waals surface area contributed by atoms with E-state index in [4.69, 9.17) is 31.0 Å². The first kappa shape index (κ1) is 29.5. The Balaban J connectivity index is 1.10. The maximum absolute atomic E-state index is 14.2. The van der Waals surface area contributed by atoms with Crippen molar-refractivity contribution in [2.45, 2.75) is 57.7 Å². The van der Waals surface area contributed by atoms with Crippen molar-refractivity contribution in [1.82, 2.24) is 19.4 Å². The van der Waals surface area contributed by atoms with Crippen LogP contribution in [-0.4, -0.2) is 56.8 Å². The smallest absolute Gasteiger partial charge is 0.335 e. The third kappa shape index (κ3) is 7.17. The average molecular weight is 607 g/mol. The molecule has 2 saturated heterocycles. The second kappa shape index (κ2) is 13.4. The second-order valence-corrected chi connectivity index (χ2v) is 11.9. The van der Waals surface area contributed by atoms with Crippen LogP contribution in [0.4, 0.5) is 4.39 Å². The highest BCUT2D eigenvalue weighted by molar-refractivity contribution is 6.30. The molecule has 0 spiro atoms. The molecule has 0 saturated carbocycles. The highest BCUT2D eigenvalue weighted by atomic mass is 35.5. The molecule has 4 aromatic rings. The molecule has 0 bridgehead atoms. The van der Waals surface area contributed by atoms with Gasteiger partial charge in [-0.1, -0.05) is 23.7 Å². The molecule has 10 heteroatoms. The summed E-state index contributed by atoms with van der Waals surface area (Å²) >= 11 is 5.86. The molecule has 0 radical (unpaired) electrons. The molecule has 0 amide bonds. The van der Waals surface area contributed by atoms with Gasteiger partial charge in [-0.3, -0.25) is 4.90 Å². The minimum Gasteiger partial charge on any atom is -0.478 e. The van der Waals surface area contributed by atoms with Crippen molar-refractivity contribution in [2.75, 3.05) is 26.3 Å². The van der Waals surface area contributed by atoms with Gasteiger partial charge in [0, 0.05) is 48.0 Å². The van der Waals surface area contributed by atoms with Crippen LogP contribution in [0.15, 0.2) is 54.6 Å². The minimum atomic E-state index is -0.928. The van der Waals surface area contributed by atoms with Crippen molar-refractivity contribution in [1.29, 1.82) is 0 Å². The summed E-state index contributed by atoms with van der Waals surface area (Å²) < 4.78 is 27.7. The number of aromatic nitrogens is 3. The van der Waals surface area contributed by atoms with Crippen molar-refractivity contribution in [3.05, 3.63) is 88.1 Å². The summed E-state index contributed by atoms with van der Waals surface area (Å²) in [5.74, 6) is 1.05. The lowest BCUT2D eigenvalue weighted by molar-refractivity contribution is 0.0625. The van der Waals surface area contributed by atoms with E-state index in [-0.39, 0.29) is 12.2 Å². The number of rotatable bonds is 10. The van der Waals surface area contributed by atoms with Gasteiger partial charge in [-0.2, -0.15) is 0 Å². The van der Waals surface area contributed by atoms with E-state index >= 15 is 0 Å². The Labute approximate surface area is 255 Å². The number of nitrogens with zero attached hydrogens (tertiary/aromatic N) is 4. The number of hydrogen-bond donors (Lipinski definition) is 1. The summed E-state index contributed by atoms with van der Waals surface area (Å²) in [5, 5.41) is 9.94. The monoisotopic (exact) mass is 606 g/mol. The van der Waals surface area contributed by atoms with Crippen molar-refractivity contribution in [2.24, 2.45) is 5.92 Å². The fraction of sp³-hybridized carbons (Fsp3) is 0.424. The zero-order chi connectivity index (χ0) is 29.8. The Morgan fingerprint density at radius 2 is 1.86 bits per heavy atom. The van der Waals surface area contributed by atoms with Gasteiger partial charge in [-0.25, -0.2) is 19.2 Å². The van der Waals surface area contributed by atoms with Crippen LogP contribution >= 0.6 is 11.6 Å². The number of carboxylic acid groups (broad SMARTS) is 1. The van der Waals surface area contributed by atoms with Gasteiger partial charge >= 0.3 is 5.97 Å². The summed E-state index contributed by atoms with van der Waals surface area (Å²) in [5.41, 5.74) is 3.42. The Hall–Kier alpha value is -3.53. The zero-order valence-electron chi connectivity index (χ0n) is 24.1. The van der Waals surface area contributed by atoms with Crippen molar-refractivity contribution < 1.29 is 23.8 Å². The molecule has 0 unspecified atom stereocenters. The summed E-state index contributed by atoms with van der Waals surface area (Å²) in [7, 11) is 0. The number of carbonyl (C=O) groups is 1. The van der Waals surface area contributed by atoms with Crippen LogP contribution in [0.2, 0.25) is 5.02 Å². The van der Waals surface area contributed by atoms with Gasteiger partial charge in [-0.05, 0) is 87.5 Å². The number of likely N-dealkylation sites (tertiary alicyclic amines) is 1. The first-order valence-corrected chi connectivity index (χ1v) is 15.4. The Bertz CT molecular complexity index is 1580. The predicted molar refractivity (Wildman–Crippen MR) is 162 cm³/mol. The summed E-state index contributed by atoms with van der Waals surface area (Å²) in [6.07, 6.45) is 5.06. The molecule has 2 aliphatic heterocycles. The maximum atomic E-state index is 14.2. The van der Waals surface area contributed by atoms with E-state index in [0.29, 0.717) is 34.8 Å². The second-order valence-electron chi connectivity index (χ2n) is 11.5. The quantitative estimate of drug-likeness (QED) is 0.215. The Morgan fingerprint density at radius 3 is 2.63 bits per heavy atom. The first-order chi connectivity index (χ1) is 20.9. The number of halogens is 2. The van der Waals surface area contributed by atoms with E-state index in [1.165, 1.54) is 6.07 Å². The molecule has 0 atom stereocenters. The van der Waals surface area contributed by atoms with E-state index in [2.05, 4.69) is 9.47 Å². The number of hydrogen-bond acceptors (Lipinski definition) is 6. The number of benzene rings is 2. The summed E-state index contributed by atoms with van der Waals surface area (Å²) in [6.45, 7) is 5.03. The fourth-order valence-electron chi connectivity index (χ4n) is 6.14. The predicted octanol–water partition coefficient (Wildman–Crippen LogP) is 6.70. The van der Waals surface area contributed by atoms with Gasteiger partial charge in [0.05, 0.1) is 23.1 Å². The number of pyridine rings is 1. The molecule has 6 rings (SSSR count). The van der Waals surface area contributed by atoms with Crippen molar-refractivity contribution in [3.8, 4) is 5.88 Å². The lowest BCUT2D eigenvalue weighted by Crippen LogP contribution is -2.33. The number of imidazole rings is 1. The molecule has 0 aliphatic carbocycles. The third-order valence-electron chi connectivity index (χ3n) is 8.68. The largest absolute Gasteiger partial charge is 0.478 e. The van der Waals surface area contributed by atoms with Gasteiger partial charge in [-0.15, -0.1) is 0 Å². The summed E-state index contributed by atoms with van der Waals surface area (Å²) in [6, 6.07) is 15.5. The van der Waals surface area contributed by atoms with Crippen LogP contribution in [0.1, 0.15) is 65.5 Å². The Morgan fingerprint density at radius 1 is 1.05 bits per heavy atom. The first-order valence-electron chi connectivity index (χ1n) is 15.0. The third-order valence-corrected chi connectivity index (χ3v) is 8.92. The molecular weight excluding hydrogens is 571 g/mol. The fourth-order valence-corrected chi connectivity index (χ4v) is 6.30. The summed E-state index contributed by atoms with van der Waals surface area (Å²) in [4.78, 5) is 23.8. The normalized spacial score (nSPS) is 17.0. The van der Waals surface area contributed by atoms with E-state index in [1.807, 2.05) is 18.2 Å². The zero-order valence-corrected chi connectivity index (χ0v) is 24.8. The highest BCUT2D eigenvalue weighted by Crippen LogP contribution is 2.30. The van der Waals surface area contributed by atoms with Gasteiger partial charge in [0.2, 0.25) is 5.88 Å². The van der Waals surface area contributed by atoms with Gasteiger partial charge in [0.25, 0.3) is 0 Å². The van der Waals surface area contributed by atoms with E-state index in [1.54, 1.807) is 30.3 Å². The van der Waals surface area contributed by atoms with Crippen LogP contribution < -0.4 is 4.74 Å². The molecule has 4 heterocycles. The molecular formula is C33H36ClFN4O4. The molecule has 1 N–H and O–H groups in total. The standard InChI is InChI=1S/C33H36ClFN4O4/c34-26-6-4-25(27(35)19-26)21-43-32-3-1-2-28(37-32)23-9-13-38(14-10-23)20-31-36-29-7-5-24(33(40)41)18-30(29)39(31)15-8-22-11-16-42-17-12-22/h1-7,18-19,22-23H,8-17,20-21H2,(H,40,41). The minimum absolute atomic E-state index is 0.0847. The van der Waals surface area contributed by atoms with Crippen molar-refractivity contribution in [3.63, 3.8) is 0 Å². The van der Waals surface area contributed by atoms with Gasteiger partial charge < -0.3 is 19.1 Å². The number of carboxylic acids is 1. The molecule has 43 heavy (non-hydrogen) atoms. The average Bonchev–Trinajstić information content (AvgIpc) is 3.36. The van der Waals surface area contributed by atoms with Crippen LogP contribution in [0.5, 0.6) is 5.88 Å². The topological polar surface area (TPSA) is 89.7 Å². The van der Waals surface area contributed by atoms with Crippen LogP contribution in [0.3, 0.4) is 0 Å². The lowest BCUT2D eigenvalue weighted by Gasteiger charge is -2.31. The number of piperidine rings is 1. The van der Waals surface area contributed by atoms with E-state index < -0.39 is 11.8 Å². The molecule has 2 aromatic heterocycles. The molecule has 8 nitrogen and oxygen atoms in total. The van der Waals surface area contributed by atoms with E-state index in [0.717, 1.165) is 87.5 Å². The highest BCUT2D eigenvalue weighted by Gasteiger charge is 2.25. The number of aromatic carboxylic acids is 1. The van der Waals surface area contributed by atoms with Crippen LogP contribution in [-0.2, 0) is 24.4 Å². The molecule has 226 valence electrons. The Kier molecular flexibility index (Phi) is 9.21. The molecule has 2 fully saturated rings. The van der Waals surface area contributed by atoms with Crippen molar-refractivity contribution >= 4 is 28.6 Å².